The van der Waals surface area contributed by atoms with E-state index in [1.54, 1.807) is 4.90 Å². The first kappa shape index (κ1) is 17.2. The van der Waals surface area contributed by atoms with Crippen molar-refractivity contribution in [1.82, 2.24) is 10.2 Å². The van der Waals surface area contributed by atoms with Gasteiger partial charge in [0.05, 0.1) is 6.54 Å². The zero-order valence-electron chi connectivity index (χ0n) is 13.3. The normalized spacial score (nSPS) is 11.8. The summed E-state index contributed by atoms with van der Waals surface area (Å²) in [5.41, 5.74) is 1.27. The van der Waals surface area contributed by atoms with E-state index in [1.807, 2.05) is 32.0 Å². The van der Waals surface area contributed by atoms with E-state index in [1.165, 1.54) is 12.5 Å². The second-order valence-electron chi connectivity index (χ2n) is 5.34. The molecule has 0 fully saturated rings. The number of carbonyl (C=O) groups excluding carboxylic acids is 2. The van der Waals surface area contributed by atoms with Crippen LogP contribution in [0.1, 0.15) is 39.2 Å². The van der Waals surface area contributed by atoms with Gasteiger partial charge in [0.25, 0.3) is 0 Å². The number of hydrogen-bond donors (Lipinski definition) is 1. The second-order valence-corrected chi connectivity index (χ2v) is 5.34. The molecule has 1 aromatic carbocycles. The average Bonchev–Trinajstić information content (AvgIpc) is 2.49. The van der Waals surface area contributed by atoms with Crippen LogP contribution in [0.25, 0.3) is 0 Å². The summed E-state index contributed by atoms with van der Waals surface area (Å²) < 4.78 is 0. The second kappa shape index (κ2) is 9.16. The van der Waals surface area contributed by atoms with Gasteiger partial charge < -0.3 is 10.2 Å². The largest absolute Gasteiger partial charge is 0.355 e. The monoisotopic (exact) mass is 290 g/mol. The Balaban J connectivity index is 2.28. The van der Waals surface area contributed by atoms with E-state index in [4.69, 9.17) is 0 Å². The Morgan fingerprint density at radius 3 is 2.48 bits per heavy atom. The minimum atomic E-state index is -0.0847. The van der Waals surface area contributed by atoms with Gasteiger partial charge in [-0.15, -0.1) is 0 Å². The van der Waals surface area contributed by atoms with Crippen molar-refractivity contribution < 1.29 is 9.59 Å². The molecule has 0 saturated carbocycles. The highest BCUT2D eigenvalue weighted by Crippen LogP contribution is 2.04. The van der Waals surface area contributed by atoms with Gasteiger partial charge in [0.2, 0.25) is 11.8 Å². The average molecular weight is 290 g/mol. The van der Waals surface area contributed by atoms with Crippen LogP contribution in [0.15, 0.2) is 30.3 Å². The maximum atomic E-state index is 11.9. The Morgan fingerprint density at radius 2 is 1.90 bits per heavy atom. The quantitative estimate of drug-likeness (QED) is 0.747. The molecular weight excluding hydrogens is 264 g/mol. The summed E-state index contributed by atoms with van der Waals surface area (Å²) in [6, 6.07) is 10.3. The van der Waals surface area contributed by atoms with Gasteiger partial charge in [-0.3, -0.25) is 9.59 Å². The van der Waals surface area contributed by atoms with Crippen LogP contribution < -0.4 is 5.32 Å². The van der Waals surface area contributed by atoms with Gasteiger partial charge in [0.1, 0.15) is 0 Å². The molecule has 21 heavy (non-hydrogen) atoms. The van der Waals surface area contributed by atoms with Gasteiger partial charge in [0, 0.05) is 19.5 Å². The molecule has 1 rings (SSSR count). The Morgan fingerprint density at radius 1 is 1.24 bits per heavy atom. The predicted molar refractivity (Wildman–Crippen MR) is 84.9 cm³/mol. The molecule has 2 amide bonds. The van der Waals surface area contributed by atoms with Crippen LogP contribution in [0.5, 0.6) is 0 Å². The van der Waals surface area contributed by atoms with Gasteiger partial charge in [-0.25, -0.2) is 0 Å². The van der Waals surface area contributed by atoms with Crippen molar-refractivity contribution in [1.29, 1.82) is 0 Å². The molecule has 0 spiro atoms. The lowest BCUT2D eigenvalue weighted by Gasteiger charge is -2.26. The van der Waals surface area contributed by atoms with Crippen molar-refractivity contribution in [2.45, 2.75) is 46.1 Å². The molecule has 4 nitrogen and oxygen atoms in total. The lowest BCUT2D eigenvalue weighted by atomic mass is 10.1. The fraction of sp³-hybridized carbons (Fsp3) is 0.529. The Kier molecular flexibility index (Phi) is 7.51. The smallest absolute Gasteiger partial charge is 0.239 e. The van der Waals surface area contributed by atoms with Crippen LogP contribution in [0.4, 0.5) is 0 Å². The van der Waals surface area contributed by atoms with E-state index >= 15 is 0 Å². The number of amides is 2. The third-order valence-corrected chi connectivity index (χ3v) is 3.65. The highest BCUT2D eigenvalue weighted by Gasteiger charge is 2.18. The van der Waals surface area contributed by atoms with Crippen molar-refractivity contribution in [2.24, 2.45) is 0 Å². The zero-order chi connectivity index (χ0) is 15.7. The third kappa shape index (κ3) is 6.43. The summed E-state index contributed by atoms with van der Waals surface area (Å²) in [6.45, 7) is 6.27. The van der Waals surface area contributed by atoms with E-state index in [-0.39, 0.29) is 24.4 Å². The lowest BCUT2D eigenvalue weighted by Crippen LogP contribution is -2.44. The fourth-order valence-corrected chi connectivity index (χ4v) is 2.17. The topological polar surface area (TPSA) is 49.4 Å². The number of carbonyl (C=O) groups is 2. The van der Waals surface area contributed by atoms with Gasteiger partial charge >= 0.3 is 0 Å². The molecule has 1 atom stereocenters. The summed E-state index contributed by atoms with van der Waals surface area (Å²) in [6.07, 6.45) is 2.70. The van der Waals surface area contributed by atoms with Crippen LogP contribution in [0, 0.1) is 0 Å². The van der Waals surface area contributed by atoms with E-state index in [0.717, 1.165) is 19.3 Å². The molecule has 0 aromatic heterocycles. The summed E-state index contributed by atoms with van der Waals surface area (Å²) >= 11 is 0. The summed E-state index contributed by atoms with van der Waals surface area (Å²) in [5, 5.41) is 2.88. The van der Waals surface area contributed by atoms with E-state index in [0.29, 0.717) is 6.54 Å². The number of rotatable bonds is 8. The van der Waals surface area contributed by atoms with Crippen molar-refractivity contribution in [3.8, 4) is 0 Å². The van der Waals surface area contributed by atoms with Crippen molar-refractivity contribution in [3.63, 3.8) is 0 Å². The van der Waals surface area contributed by atoms with Gasteiger partial charge in [-0.2, -0.15) is 0 Å². The molecule has 1 unspecified atom stereocenters. The number of benzene rings is 1. The first-order chi connectivity index (χ1) is 10.0. The number of nitrogens with one attached hydrogen (secondary N) is 1. The molecule has 1 N–H and O–H groups in total. The molecule has 116 valence electrons. The molecule has 0 saturated heterocycles. The number of hydrogen-bond acceptors (Lipinski definition) is 2. The highest BCUT2D eigenvalue weighted by atomic mass is 16.2. The number of aryl methyl sites for hydroxylation is 1. The molecule has 0 radical (unpaired) electrons. The van der Waals surface area contributed by atoms with E-state index < -0.39 is 0 Å². The standard InChI is InChI=1S/C17H26N2O2/c1-4-14(2)19(15(3)20)13-17(21)18-12-8-11-16-9-6-5-7-10-16/h5-7,9-10,14H,4,8,11-13H2,1-3H3,(H,18,21). The Hall–Kier alpha value is -1.84. The highest BCUT2D eigenvalue weighted by molar-refractivity contribution is 5.83. The van der Waals surface area contributed by atoms with Crippen molar-refractivity contribution in [2.75, 3.05) is 13.1 Å². The maximum absolute atomic E-state index is 11.9. The van der Waals surface area contributed by atoms with Gasteiger partial charge in [0.15, 0.2) is 0 Å². The van der Waals surface area contributed by atoms with Gasteiger partial charge in [-0.1, -0.05) is 37.3 Å². The zero-order valence-corrected chi connectivity index (χ0v) is 13.3. The van der Waals surface area contributed by atoms with Crippen LogP contribution in [-0.2, 0) is 16.0 Å². The molecule has 0 bridgehead atoms. The summed E-state index contributed by atoms with van der Waals surface area (Å²) in [4.78, 5) is 25.0. The molecule has 1 aromatic rings. The van der Waals surface area contributed by atoms with Crippen LogP contribution in [0.2, 0.25) is 0 Å². The first-order valence-corrected chi connectivity index (χ1v) is 7.62. The Labute approximate surface area is 127 Å². The molecule has 4 heteroatoms. The Bertz CT molecular complexity index is 445. The number of nitrogens with zero attached hydrogens (tertiary/aromatic N) is 1. The van der Waals surface area contributed by atoms with Crippen LogP contribution in [-0.4, -0.2) is 35.8 Å². The predicted octanol–water partition coefficient (Wildman–Crippen LogP) is 2.38. The minimum Gasteiger partial charge on any atom is -0.355 e. The molecule has 0 aliphatic rings. The molecule has 0 aliphatic carbocycles. The van der Waals surface area contributed by atoms with Crippen molar-refractivity contribution >= 4 is 11.8 Å². The van der Waals surface area contributed by atoms with Crippen LogP contribution in [0.3, 0.4) is 0 Å². The maximum Gasteiger partial charge on any atom is 0.239 e. The minimum absolute atomic E-state index is 0.0521. The third-order valence-electron chi connectivity index (χ3n) is 3.65. The van der Waals surface area contributed by atoms with E-state index in [9.17, 15) is 9.59 Å². The van der Waals surface area contributed by atoms with Crippen molar-refractivity contribution in [3.05, 3.63) is 35.9 Å². The molecular formula is C17H26N2O2. The summed E-state index contributed by atoms with van der Waals surface area (Å²) in [7, 11) is 0. The molecule has 0 aliphatic heterocycles. The van der Waals surface area contributed by atoms with Gasteiger partial charge in [-0.05, 0) is 31.7 Å². The molecule has 0 heterocycles. The lowest BCUT2D eigenvalue weighted by molar-refractivity contribution is -0.136. The fourth-order valence-electron chi connectivity index (χ4n) is 2.17. The van der Waals surface area contributed by atoms with Crippen LogP contribution >= 0.6 is 0 Å². The first-order valence-electron chi connectivity index (χ1n) is 7.62. The van der Waals surface area contributed by atoms with E-state index in [2.05, 4.69) is 17.4 Å². The SMILES string of the molecule is CCC(C)N(CC(=O)NCCCc1ccccc1)C(C)=O. The summed E-state index contributed by atoms with van der Waals surface area (Å²) in [5.74, 6) is -0.137.